The fraction of sp³-hybridized carbons (Fsp3) is 0.154. The molecule has 1 aromatic carbocycles. The summed E-state index contributed by atoms with van der Waals surface area (Å²) in [7, 11) is 0. The third-order valence-electron chi connectivity index (χ3n) is 2.33. The van der Waals surface area contributed by atoms with E-state index in [4.69, 9.17) is 10.5 Å². The minimum absolute atomic E-state index is 0.0782. The second-order valence-corrected chi connectivity index (χ2v) is 3.70. The molecular weight excluding hydrogens is 260 g/mol. The molecule has 20 heavy (non-hydrogen) atoms. The number of non-ortho nitro benzene ring substituents is 1. The zero-order valence-electron chi connectivity index (χ0n) is 10.4. The molecule has 7 nitrogen and oxygen atoms in total. The van der Waals surface area contributed by atoms with E-state index in [2.05, 4.69) is 0 Å². The molecule has 7 heteroatoms. The second-order valence-electron chi connectivity index (χ2n) is 3.70. The lowest BCUT2D eigenvalue weighted by Gasteiger charge is -2.12. The van der Waals surface area contributed by atoms with E-state index in [1.165, 1.54) is 30.4 Å². The number of nitriles is 2. The largest absolute Gasteiger partial charge is 0.313 e. The SMILES string of the molecule is N#CCN(CC#N)C(=O)/C=C/c1cccc([N+](=O)[O-])c1. The molecule has 0 aliphatic rings. The molecule has 1 amide bonds. The summed E-state index contributed by atoms with van der Waals surface area (Å²) >= 11 is 0. The Bertz CT molecular complexity index is 609. The van der Waals surface area contributed by atoms with Crippen molar-refractivity contribution in [1.82, 2.24) is 4.90 Å². The smallest absolute Gasteiger partial charge is 0.270 e. The van der Waals surface area contributed by atoms with E-state index in [-0.39, 0.29) is 18.8 Å². The molecule has 0 bridgehead atoms. The number of nitro benzene ring substituents is 1. The van der Waals surface area contributed by atoms with Gasteiger partial charge in [0.15, 0.2) is 0 Å². The van der Waals surface area contributed by atoms with Crippen LogP contribution in [0.15, 0.2) is 30.3 Å². The summed E-state index contributed by atoms with van der Waals surface area (Å²) in [4.78, 5) is 22.9. The van der Waals surface area contributed by atoms with E-state index < -0.39 is 10.8 Å². The molecule has 0 atom stereocenters. The molecule has 0 spiro atoms. The average molecular weight is 270 g/mol. The van der Waals surface area contributed by atoms with Crippen LogP contribution in [0, 0.1) is 32.8 Å². The lowest BCUT2D eigenvalue weighted by Crippen LogP contribution is -2.30. The zero-order chi connectivity index (χ0) is 15.0. The van der Waals surface area contributed by atoms with Gasteiger partial charge in [-0.15, -0.1) is 0 Å². The van der Waals surface area contributed by atoms with Crippen molar-refractivity contribution in [3.8, 4) is 12.1 Å². The van der Waals surface area contributed by atoms with Gasteiger partial charge in [0.2, 0.25) is 5.91 Å². The lowest BCUT2D eigenvalue weighted by molar-refractivity contribution is -0.384. The van der Waals surface area contributed by atoms with Crippen molar-refractivity contribution in [2.24, 2.45) is 0 Å². The van der Waals surface area contributed by atoms with Gasteiger partial charge in [0.1, 0.15) is 13.1 Å². The Morgan fingerprint density at radius 2 is 2.00 bits per heavy atom. The Kier molecular flexibility index (Phi) is 5.42. The van der Waals surface area contributed by atoms with Crippen LogP contribution >= 0.6 is 0 Å². The maximum atomic E-state index is 11.7. The van der Waals surface area contributed by atoms with Crippen LogP contribution in [0.5, 0.6) is 0 Å². The number of hydrogen-bond donors (Lipinski definition) is 0. The highest BCUT2D eigenvalue weighted by Crippen LogP contribution is 2.14. The Morgan fingerprint density at radius 1 is 1.35 bits per heavy atom. The molecule has 0 aliphatic heterocycles. The molecule has 0 unspecified atom stereocenters. The maximum absolute atomic E-state index is 11.7. The Hall–Kier alpha value is -3.19. The fourth-order valence-electron chi connectivity index (χ4n) is 1.40. The van der Waals surface area contributed by atoms with Gasteiger partial charge in [0.25, 0.3) is 5.69 Å². The van der Waals surface area contributed by atoms with Gasteiger partial charge in [0.05, 0.1) is 17.1 Å². The molecule has 100 valence electrons. The summed E-state index contributed by atoms with van der Waals surface area (Å²) in [5, 5.41) is 27.7. The molecule has 0 fully saturated rings. The molecule has 0 aliphatic carbocycles. The van der Waals surface area contributed by atoms with E-state index >= 15 is 0 Å². The van der Waals surface area contributed by atoms with Gasteiger partial charge in [-0.3, -0.25) is 14.9 Å². The van der Waals surface area contributed by atoms with E-state index in [0.29, 0.717) is 5.56 Å². The minimum atomic E-state index is -0.531. The van der Waals surface area contributed by atoms with Crippen LogP contribution in [0.4, 0.5) is 5.69 Å². The Labute approximate surface area is 115 Å². The van der Waals surface area contributed by atoms with Gasteiger partial charge in [-0.05, 0) is 11.6 Å². The van der Waals surface area contributed by atoms with Crippen molar-refractivity contribution in [3.63, 3.8) is 0 Å². The highest BCUT2D eigenvalue weighted by atomic mass is 16.6. The van der Waals surface area contributed by atoms with E-state index in [9.17, 15) is 14.9 Å². The summed E-state index contributed by atoms with van der Waals surface area (Å²) < 4.78 is 0. The van der Waals surface area contributed by atoms with Crippen LogP contribution in [-0.2, 0) is 4.79 Å². The van der Waals surface area contributed by atoms with E-state index in [1.54, 1.807) is 18.2 Å². The minimum Gasteiger partial charge on any atom is -0.313 e. The van der Waals surface area contributed by atoms with E-state index in [1.807, 2.05) is 0 Å². The summed E-state index contributed by atoms with van der Waals surface area (Å²) in [6.45, 7) is -0.378. The van der Waals surface area contributed by atoms with Crippen molar-refractivity contribution in [1.29, 1.82) is 10.5 Å². The predicted molar refractivity (Wildman–Crippen MR) is 69.9 cm³/mol. The molecule has 0 aromatic heterocycles. The number of nitro groups is 1. The first-order valence-electron chi connectivity index (χ1n) is 5.54. The molecule has 0 N–H and O–H groups in total. The van der Waals surface area contributed by atoms with Gasteiger partial charge in [0, 0.05) is 18.2 Å². The fourth-order valence-corrected chi connectivity index (χ4v) is 1.40. The van der Waals surface area contributed by atoms with Crippen molar-refractivity contribution < 1.29 is 9.72 Å². The predicted octanol–water partition coefficient (Wildman–Crippen LogP) is 1.48. The highest BCUT2D eigenvalue weighted by molar-refractivity contribution is 5.92. The molecule has 1 rings (SSSR count). The van der Waals surface area contributed by atoms with Crippen molar-refractivity contribution in [2.75, 3.05) is 13.1 Å². The number of nitrogens with zero attached hydrogens (tertiary/aromatic N) is 4. The Morgan fingerprint density at radius 3 is 2.55 bits per heavy atom. The van der Waals surface area contributed by atoms with Gasteiger partial charge in [-0.2, -0.15) is 10.5 Å². The maximum Gasteiger partial charge on any atom is 0.270 e. The number of carbonyl (C=O) groups is 1. The number of amides is 1. The highest BCUT2D eigenvalue weighted by Gasteiger charge is 2.09. The van der Waals surface area contributed by atoms with Gasteiger partial charge in [-0.25, -0.2) is 0 Å². The van der Waals surface area contributed by atoms with Crippen LogP contribution in [0.25, 0.3) is 6.08 Å². The summed E-state index contributed by atoms with van der Waals surface area (Å²) in [5.41, 5.74) is 0.409. The van der Waals surface area contributed by atoms with Crippen molar-refractivity contribution in [2.45, 2.75) is 0 Å². The number of rotatable bonds is 5. The lowest BCUT2D eigenvalue weighted by atomic mass is 10.2. The first-order valence-corrected chi connectivity index (χ1v) is 5.54. The summed E-state index contributed by atoms with van der Waals surface area (Å²) in [6, 6.07) is 9.35. The van der Waals surface area contributed by atoms with Crippen molar-refractivity contribution in [3.05, 3.63) is 46.0 Å². The standard InChI is InChI=1S/C13H10N4O3/c14-6-8-16(9-7-15)13(18)5-4-11-2-1-3-12(10-11)17(19)20/h1-5,10H,8-9H2/b5-4+. The Balaban J connectivity index is 2.84. The normalized spacial score (nSPS) is 9.70. The second kappa shape index (κ2) is 7.29. The van der Waals surface area contributed by atoms with Gasteiger partial charge >= 0.3 is 0 Å². The quantitative estimate of drug-likeness (QED) is 0.348. The average Bonchev–Trinajstić information content (AvgIpc) is 2.45. The van der Waals surface area contributed by atoms with Crippen LogP contribution in [0.1, 0.15) is 5.56 Å². The van der Waals surface area contributed by atoms with Crippen LogP contribution < -0.4 is 0 Å². The summed E-state index contributed by atoms with van der Waals surface area (Å²) in [6.07, 6.45) is 2.57. The monoisotopic (exact) mass is 270 g/mol. The van der Waals surface area contributed by atoms with Crippen LogP contribution in [0.2, 0.25) is 0 Å². The third kappa shape index (κ3) is 4.24. The molecule has 0 saturated carbocycles. The zero-order valence-corrected chi connectivity index (χ0v) is 10.4. The van der Waals surface area contributed by atoms with E-state index in [0.717, 1.165) is 4.90 Å². The van der Waals surface area contributed by atoms with Gasteiger partial charge < -0.3 is 4.90 Å². The first-order chi connectivity index (χ1) is 9.58. The molecule has 1 aromatic rings. The number of carbonyl (C=O) groups excluding carboxylic acids is 1. The first kappa shape index (κ1) is 14.9. The molecule has 0 radical (unpaired) electrons. The number of benzene rings is 1. The molecule has 0 heterocycles. The van der Waals surface area contributed by atoms with Gasteiger partial charge in [-0.1, -0.05) is 12.1 Å². The molecular formula is C13H10N4O3. The third-order valence-corrected chi connectivity index (χ3v) is 2.33. The van der Waals surface area contributed by atoms with Crippen LogP contribution in [0.3, 0.4) is 0 Å². The summed E-state index contributed by atoms with van der Waals surface area (Å²) in [5.74, 6) is -0.500. The number of hydrogen-bond acceptors (Lipinski definition) is 5. The van der Waals surface area contributed by atoms with Crippen molar-refractivity contribution >= 4 is 17.7 Å². The molecule has 0 saturated heterocycles. The topological polar surface area (TPSA) is 111 Å². The van der Waals surface area contributed by atoms with Crippen LogP contribution in [-0.4, -0.2) is 28.8 Å².